The number of hydrogen-bond acceptors (Lipinski definition) is 5. The van der Waals surface area contributed by atoms with Gasteiger partial charge < -0.3 is 9.47 Å². The zero-order valence-electron chi connectivity index (χ0n) is 15.3. The summed E-state index contributed by atoms with van der Waals surface area (Å²) in [5.41, 5.74) is -0.204. The van der Waals surface area contributed by atoms with Crippen LogP contribution in [-0.2, 0) is 20.7 Å². The first-order valence-corrected chi connectivity index (χ1v) is 8.35. The summed E-state index contributed by atoms with van der Waals surface area (Å²) in [5, 5.41) is 0.829. The van der Waals surface area contributed by atoms with Crippen molar-refractivity contribution in [2.45, 2.75) is 59.2 Å². The Balaban J connectivity index is 2.44. The van der Waals surface area contributed by atoms with Crippen molar-refractivity contribution in [3.05, 3.63) is 29.2 Å². The van der Waals surface area contributed by atoms with Crippen LogP contribution in [0.2, 0.25) is 5.15 Å². The molecule has 0 saturated carbocycles. The van der Waals surface area contributed by atoms with E-state index in [0.717, 1.165) is 0 Å². The molecule has 0 amide bonds. The molecule has 0 aliphatic rings. The lowest BCUT2D eigenvalue weighted by molar-refractivity contribution is -0.153. The van der Waals surface area contributed by atoms with Crippen LogP contribution in [0.25, 0.3) is 10.9 Å². The van der Waals surface area contributed by atoms with Crippen LogP contribution in [0.1, 0.15) is 47.1 Å². The highest BCUT2D eigenvalue weighted by Crippen LogP contribution is 2.28. The maximum atomic E-state index is 12.5. The van der Waals surface area contributed by atoms with E-state index in [4.69, 9.17) is 21.1 Å². The first kappa shape index (κ1) is 19.2. The molecule has 136 valence electrons. The molecule has 0 saturated heterocycles. The van der Waals surface area contributed by atoms with E-state index < -0.39 is 17.3 Å². The number of carbonyl (C=O) groups is 2. The van der Waals surface area contributed by atoms with E-state index in [1.807, 2.05) is 0 Å². The number of fused-ring (bicyclic) bond motifs is 1. The molecule has 0 spiro atoms. The van der Waals surface area contributed by atoms with Crippen LogP contribution in [0.5, 0.6) is 0 Å². The smallest absolute Gasteiger partial charge is 0.419 e. The van der Waals surface area contributed by atoms with E-state index in [0.29, 0.717) is 16.5 Å². The molecule has 0 bridgehead atoms. The second-order valence-electron chi connectivity index (χ2n) is 7.77. The number of halogens is 1. The normalized spacial score (nSPS) is 12.3. The van der Waals surface area contributed by atoms with Gasteiger partial charge in [-0.15, -0.1) is 0 Å². The molecule has 0 aromatic carbocycles. The van der Waals surface area contributed by atoms with Crippen molar-refractivity contribution in [3.8, 4) is 0 Å². The topological polar surface area (TPSA) is 70.4 Å². The fourth-order valence-corrected chi connectivity index (χ4v) is 2.58. The van der Waals surface area contributed by atoms with Crippen molar-refractivity contribution >= 4 is 34.6 Å². The molecule has 0 radical (unpaired) electrons. The molecule has 0 aliphatic carbocycles. The van der Waals surface area contributed by atoms with Gasteiger partial charge in [0.05, 0.1) is 11.9 Å². The SMILES string of the molecule is CC(C)(C)OC(=O)Cc1cn(C(=O)OC(C)(C)C)c2c(Cl)nccc12. The largest absolute Gasteiger partial charge is 0.460 e. The van der Waals surface area contributed by atoms with E-state index >= 15 is 0 Å². The number of carbonyl (C=O) groups excluding carboxylic acids is 2. The molecule has 6 nitrogen and oxygen atoms in total. The first-order valence-electron chi connectivity index (χ1n) is 7.97. The molecule has 0 fully saturated rings. The summed E-state index contributed by atoms with van der Waals surface area (Å²) in [4.78, 5) is 28.7. The Morgan fingerprint density at radius 3 is 2.28 bits per heavy atom. The van der Waals surface area contributed by atoms with Gasteiger partial charge in [-0.1, -0.05) is 11.6 Å². The van der Waals surface area contributed by atoms with Gasteiger partial charge in [0.1, 0.15) is 11.2 Å². The average molecular weight is 367 g/mol. The number of hydrogen-bond donors (Lipinski definition) is 0. The third-order valence-electron chi connectivity index (χ3n) is 3.10. The molecular formula is C18H23ClN2O4. The molecule has 7 heteroatoms. The molecular weight excluding hydrogens is 344 g/mol. The van der Waals surface area contributed by atoms with Gasteiger partial charge in [-0.05, 0) is 53.2 Å². The summed E-state index contributed by atoms with van der Waals surface area (Å²) in [6.45, 7) is 10.7. The zero-order chi connectivity index (χ0) is 19.0. The van der Waals surface area contributed by atoms with Crippen molar-refractivity contribution < 1.29 is 19.1 Å². The van der Waals surface area contributed by atoms with Crippen LogP contribution in [-0.4, -0.2) is 32.8 Å². The predicted molar refractivity (Wildman–Crippen MR) is 95.9 cm³/mol. The second kappa shape index (κ2) is 6.67. The van der Waals surface area contributed by atoms with Gasteiger partial charge in [-0.25, -0.2) is 14.3 Å². The van der Waals surface area contributed by atoms with E-state index in [1.54, 1.807) is 53.8 Å². The number of aromatic nitrogens is 2. The lowest BCUT2D eigenvalue weighted by atomic mass is 10.1. The number of nitrogens with zero attached hydrogens (tertiary/aromatic N) is 2. The van der Waals surface area contributed by atoms with Crippen molar-refractivity contribution in [2.24, 2.45) is 0 Å². The highest BCUT2D eigenvalue weighted by atomic mass is 35.5. The maximum absolute atomic E-state index is 12.5. The maximum Gasteiger partial charge on any atom is 0.419 e. The lowest BCUT2D eigenvalue weighted by Gasteiger charge is -2.20. The van der Waals surface area contributed by atoms with E-state index in [2.05, 4.69) is 4.98 Å². The second-order valence-corrected chi connectivity index (χ2v) is 8.12. The van der Waals surface area contributed by atoms with Gasteiger partial charge in [0.2, 0.25) is 0 Å². The molecule has 0 unspecified atom stereocenters. The minimum atomic E-state index is -0.659. The third kappa shape index (κ3) is 4.95. The Morgan fingerprint density at radius 1 is 1.12 bits per heavy atom. The van der Waals surface area contributed by atoms with E-state index in [1.165, 1.54) is 10.8 Å². The summed E-state index contributed by atoms with van der Waals surface area (Å²) < 4.78 is 12.1. The average Bonchev–Trinajstić information content (AvgIpc) is 2.75. The van der Waals surface area contributed by atoms with E-state index in [9.17, 15) is 9.59 Å². The minimum Gasteiger partial charge on any atom is -0.460 e. The van der Waals surface area contributed by atoms with Gasteiger partial charge in [-0.3, -0.25) is 4.79 Å². The van der Waals surface area contributed by atoms with Crippen LogP contribution in [0.4, 0.5) is 4.79 Å². The summed E-state index contributed by atoms with van der Waals surface area (Å²) in [5.74, 6) is -0.385. The number of esters is 1. The Bertz CT molecular complexity index is 813. The summed E-state index contributed by atoms with van der Waals surface area (Å²) in [7, 11) is 0. The minimum absolute atomic E-state index is 0.0178. The van der Waals surface area contributed by atoms with Crippen LogP contribution in [0.15, 0.2) is 18.5 Å². The Labute approximate surface area is 152 Å². The van der Waals surface area contributed by atoms with Crippen molar-refractivity contribution in [2.75, 3.05) is 0 Å². The molecule has 2 heterocycles. The van der Waals surface area contributed by atoms with Gasteiger partial charge >= 0.3 is 12.1 Å². The fourth-order valence-electron chi connectivity index (χ4n) is 2.34. The number of rotatable bonds is 2. The summed E-state index contributed by atoms with van der Waals surface area (Å²) in [6, 6.07) is 1.71. The molecule has 0 atom stereocenters. The monoisotopic (exact) mass is 366 g/mol. The summed E-state index contributed by atoms with van der Waals surface area (Å²) in [6.07, 6.45) is 2.52. The molecule has 2 rings (SSSR count). The molecule has 0 aliphatic heterocycles. The highest BCUT2D eigenvalue weighted by molar-refractivity contribution is 6.34. The molecule has 25 heavy (non-hydrogen) atoms. The number of pyridine rings is 1. The summed E-state index contributed by atoms with van der Waals surface area (Å²) >= 11 is 6.18. The number of ether oxygens (including phenoxy) is 2. The lowest BCUT2D eigenvalue weighted by Crippen LogP contribution is -2.27. The van der Waals surface area contributed by atoms with Crippen molar-refractivity contribution in [1.82, 2.24) is 9.55 Å². The van der Waals surface area contributed by atoms with Gasteiger partial charge in [0.15, 0.2) is 5.15 Å². The molecule has 2 aromatic rings. The van der Waals surface area contributed by atoms with Gasteiger partial charge in [0, 0.05) is 17.8 Å². The van der Waals surface area contributed by atoms with Crippen LogP contribution in [0.3, 0.4) is 0 Å². The Kier molecular flexibility index (Phi) is 5.14. The Morgan fingerprint density at radius 2 is 1.72 bits per heavy atom. The third-order valence-corrected chi connectivity index (χ3v) is 3.37. The quantitative estimate of drug-likeness (QED) is 0.583. The first-order chi connectivity index (χ1) is 11.4. The standard InChI is InChI=1S/C18H23ClN2O4/c1-17(2,3)24-13(22)9-11-10-21(16(23)25-18(4,5)6)14-12(11)7-8-20-15(14)19/h7-8,10H,9H2,1-6H3. The van der Waals surface area contributed by atoms with Gasteiger partial charge in [-0.2, -0.15) is 0 Å². The Hall–Kier alpha value is -2.08. The predicted octanol–water partition coefficient (Wildman–Crippen LogP) is 4.36. The molecule has 0 N–H and O–H groups in total. The molecule has 2 aromatic heterocycles. The van der Waals surface area contributed by atoms with Crippen molar-refractivity contribution in [3.63, 3.8) is 0 Å². The fraction of sp³-hybridized carbons (Fsp3) is 0.500. The van der Waals surface area contributed by atoms with Crippen LogP contribution < -0.4 is 0 Å². The highest BCUT2D eigenvalue weighted by Gasteiger charge is 2.24. The van der Waals surface area contributed by atoms with Crippen LogP contribution >= 0.6 is 11.6 Å². The van der Waals surface area contributed by atoms with Crippen LogP contribution in [0, 0.1) is 0 Å². The van der Waals surface area contributed by atoms with Crippen molar-refractivity contribution in [1.29, 1.82) is 0 Å². The zero-order valence-corrected chi connectivity index (χ0v) is 16.1. The van der Waals surface area contributed by atoms with E-state index in [-0.39, 0.29) is 17.5 Å². The van der Waals surface area contributed by atoms with Gasteiger partial charge in [0.25, 0.3) is 0 Å².